The van der Waals surface area contributed by atoms with Gasteiger partial charge < -0.3 is 19.6 Å². The van der Waals surface area contributed by atoms with Crippen LogP contribution in [0.4, 0.5) is 0 Å². The molecule has 2 N–H and O–H groups in total. The van der Waals surface area contributed by atoms with E-state index in [1.165, 1.54) is 0 Å². The highest BCUT2D eigenvalue weighted by Crippen LogP contribution is 2.15. The van der Waals surface area contributed by atoms with Crippen molar-refractivity contribution >= 4 is 11.2 Å². The van der Waals surface area contributed by atoms with E-state index in [-0.39, 0.29) is 5.56 Å². The summed E-state index contributed by atoms with van der Waals surface area (Å²) >= 11 is 0. The molecular weight excluding hydrogens is 282 g/mol. The second kappa shape index (κ2) is 5.98. The van der Waals surface area contributed by atoms with Crippen molar-refractivity contribution in [1.29, 1.82) is 0 Å². The summed E-state index contributed by atoms with van der Waals surface area (Å²) in [4.78, 5) is 23.6. The van der Waals surface area contributed by atoms with Crippen LogP contribution in [0.15, 0.2) is 35.4 Å². The first-order chi connectivity index (χ1) is 10.7. The van der Waals surface area contributed by atoms with Crippen molar-refractivity contribution in [3.8, 4) is 5.75 Å². The molecule has 0 saturated heterocycles. The number of ether oxygens (including phenoxy) is 1. The zero-order chi connectivity index (χ0) is 15.5. The molecule has 0 spiro atoms. The zero-order valence-corrected chi connectivity index (χ0v) is 12.5. The molecule has 0 saturated carbocycles. The Bertz CT molecular complexity index is 853. The highest BCUT2D eigenvalue weighted by atomic mass is 16.5. The Balaban J connectivity index is 1.99. The van der Waals surface area contributed by atoms with Gasteiger partial charge in [-0.25, -0.2) is 9.97 Å². The van der Waals surface area contributed by atoms with Crippen LogP contribution in [-0.4, -0.2) is 33.7 Å². The number of aromatic nitrogens is 4. The topological polar surface area (TPSA) is 84.8 Å². The maximum Gasteiger partial charge on any atom is 0.277 e. The average molecular weight is 299 g/mol. The van der Waals surface area contributed by atoms with Crippen LogP contribution in [0.5, 0.6) is 5.75 Å². The molecule has 0 fully saturated rings. The van der Waals surface area contributed by atoms with Crippen molar-refractivity contribution in [2.24, 2.45) is 0 Å². The van der Waals surface area contributed by atoms with Gasteiger partial charge >= 0.3 is 0 Å². The van der Waals surface area contributed by atoms with Gasteiger partial charge in [-0.2, -0.15) is 0 Å². The maximum absolute atomic E-state index is 12.3. The van der Waals surface area contributed by atoms with E-state index in [2.05, 4.69) is 20.3 Å². The Morgan fingerprint density at radius 2 is 2.27 bits per heavy atom. The van der Waals surface area contributed by atoms with Crippen molar-refractivity contribution in [1.82, 2.24) is 24.8 Å². The minimum atomic E-state index is -0.185. The molecule has 7 nitrogen and oxygen atoms in total. The van der Waals surface area contributed by atoms with Crippen molar-refractivity contribution in [3.63, 3.8) is 0 Å². The highest BCUT2D eigenvalue weighted by molar-refractivity contribution is 5.69. The third kappa shape index (κ3) is 2.71. The molecule has 2 aromatic heterocycles. The van der Waals surface area contributed by atoms with Crippen LogP contribution in [0, 0.1) is 0 Å². The summed E-state index contributed by atoms with van der Waals surface area (Å²) in [5.74, 6) is 1.36. The first-order valence-corrected chi connectivity index (χ1v) is 6.93. The number of nitrogens with zero attached hydrogens (tertiary/aromatic N) is 3. The summed E-state index contributed by atoms with van der Waals surface area (Å²) in [6, 6.07) is 7.71. The number of H-pyrrole nitrogens is 1. The summed E-state index contributed by atoms with van der Waals surface area (Å²) < 4.78 is 7.01. The number of fused-ring (bicyclic) bond motifs is 1. The number of aromatic amines is 1. The van der Waals surface area contributed by atoms with Gasteiger partial charge in [-0.15, -0.1) is 0 Å². The van der Waals surface area contributed by atoms with Crippen molar-refractivity contribution in [2.75, 3.05) is 14.2 Å². The lowest BCUT2D eigenvalue weighted by molar-refractivity contribution is 0.414. The minimum absolute atomic E-state index is 0.185. The Hall–Kier alpha value is -2.67. The van der Waals surface area contributed by atoms with E-state index in [1.807, 2.05) is 24.3 Å². The molecule has 0 amide bonds. The van der Waals surface area contributed by atoms with Gasteiger partial charge in [-0.3, -0.25) is 4.79 Å². The predicted octanol–water partition coefficient (Wildman–Crippen LogP) is 0.896. The van der Waals surface area contributed by atoms with E-state index >= 15 is 0 Å². The van der Waals surface area contributed by atoms with Gasteiger partial charge in [-0.05, 0) is 24.7 Å². The molecule has 0 atom stereocenters. The summed E-state index contributed by atoms with van der Waals surface area (Å²) in [6.07, 6.45) is 1.63. The fourth-order valence-corrected chi connectivity index (χ4v) is 2.37. The predicted molar refractivity (Wildman–Crippen MR) is 83.0 cm³/mol. The van der Waals surface area contributed by atoms with Crippen LogP contribution in [-0.2, 0) is 13.1 Å². The van der Waals surface area contributed by atoms with E-state index in [9.17, 15) is 4.79 Å². The standard InChI is InChI=1S/C15H17N5O2/c1-16-7-12-18-14-13(15(21)19-12)20(9-17-14)8-10-4-3-5-11(6-10)22-2/h3-6,9,16H,7-8H2,1-2H3,(H,18,19,21). The summed E-state index contributed by atoms with van der Waals surface area (Å²) in [6.45, 7) is 1.03. The summed E-state index contributed by atoms with van der Waals surface area (Å²) in [5.41, 5.74) is 1.77. The number of imidazole rings is 1. The van der Waals surface area contributed by atoms with Crippen LogP contribution in [0.1, 0.15) is 11.4 Å². The highest BCUT2D eigenvalue weighted by Gasteiger charge is 2.10. The molecule has 3 aromatic rings. The molecule has 1 aromatic carbocycles. The Morgan fingerprint density at radius 3 is 3.05 bits per heavy atom. The number of nitrogens with one attached hydrogen (secondary N) is 2. The van der Waals surface area contributed by atoms with Crippen LogP contribution in [0.3, 0.4) is 0 Å². The van der Waals surface area contributed by atoms with Crippen LogP contribution < -0.4 is 15.6 Å². The molecule has 2 heterocycles. The monoisotopic (exact) mass is 299 g/mol. The van der Waals surface area contributed by atoms with Crippen LogP contribution in [0.2, 0.25) is 0 Å². The quantitative estimate of drug-likeness (QED) is 0.731. The zero-order valence-electron chi connectivity index (χ0n) is 12.5. The lowest BCUT2D eigenvalue weighted by Crippen LogP contribution is -2.18. The van der Waals surface area contributed by atoms with Gasteiger partial charge in [0.05, 0.1) is 20.0 Å². The third-order valence-corrected chi connectivity index (χ3v) is 3.36. The van der Waals surface area contributed by atoms with E-state index in [1.54, 1.807) is 25.1 Å². The minimum Gasteiger partial charge on any atom is -0.497 e. The lowest BCUT2D eigenvalue weighted by atomic mass is 10.2. The van der Waals surface area contributed by atoms with E-state index in [0.29, 0.717) is 30.1 Å². The molecule has 7 heteroatoms. The van der Waals surface area contributed by atoms with Gasteiger partial charge in [0.1, 0.15) is 11.6 Å². The smallest absolute Gasteiger partial charge is 0.277 e. The molecule has 0 aliphatic heterocycles. The van der Waals surface area contributed by atoms with Crippen LogP contribution >= 0.6 is 0 Å². The first-order valence-electron chi connectivity index (χ1n) is 6.93. The Kier molecular flexibility index (Phi) is 3.88. The molecule has 114 valence electrons. The average Bonchev–Trinajstić information content (AvgIpc) is 2.91. The molecule has 0 aliphatic rings. The second-order valence-corrected chi connectivity index (χ2v) is 4.94. The molecule has 0 unspecified atom stereocenters. The Morgan fingerprint density at radius 1 is 1.41 bits per heavy atom. The van der Waals surface area contributed by atoms with Gasteiger partial charge in [0.2, 0.25) is 0 Å². The molecule has 0 bridgehead atoms. The van der Waals surface area contributed by atoms with Gasteiger partial charge in [0.25, 0.3) is 5.56 Å². The van der Waals surface area contributed by atoms with Crippen LogP contribution in [0.25, 0.3) is 11.2 Å². The Labute approximate surface area is 127 Å². The third-order valence-electron chi connectivity index (χ3n) is 3.36. The van der Waals surface area contributed by atoms with E-state index < -0.39 is 0 Å². The van der Waals surface area contributed by atoms with Crippen molar-refractivity contribution in [3.05, 3.63) is 52.3 Å². The fraction of sp³-hybridized carbons (Fsp3) is 0.267. The number of benzene rings is 1. The van der Waals surface area contributed by atoms with Crippen molar-refractivity contribution < 1.29 is 4.74 Å². The number of hydrogen-bond acceptors (Lipinski definition) is 5. The normalized spacial score (nSPS) is 11.0. The number of rotatable bonds is 5. The largest absolute Gasteiger partial charge is 0.497 e. The van der Waals surface area contributed by atoms with E-state index in [4.69, 9.17) is 4.74 Å². The second-order valence-electron chi connectivity index (χ2n) is 4.94. The van der Waals surface area contributed by atoms with Gasteiger partial charge in [0.15, 0.2) is 11.2 Å². The SMILES string of the molecule is CNCc1nc2ncn(Cc3cccc(OC)c3)c2c(=O)[nH]1. The van der Waals surface area contributed by atoms with Gasteiger partial charge in [0, 0.05) is 6.54 Å². The summed E-state index contributed by atoms with van der Waals surface area (Å²) in [5, 5.41) is 2.95. The number of methoxy groups -OCH3 is 1. The lowest BCUT2D eigenvalue weighted by Gasteiger charge is -2.06. The summed E-state index contributed by atoms with van der Waals surface area (Å²) in [7, 11) is 3.43. The molecule has 0 aliphatic carbocycles. The van der Waals surface area contributed by atoms with E-state index in [0.717, 1.165) is 11.3 Å². The molecule has 22 heavy (non-hydrogen) atoms. The molecule has 3 rings (SSSR count). The number of hydrogen-bond donors (Lipinski definition) is 2. The first kappa shape index (κ1) is 14.3. The van der Waals surface area contributed by atoms with Gasteiger partial charge in [-0.1, -0.05) is 12.1 Å². The fourth-order valence-electron chi connectivity index (χ4n) is 2.37. The molecular formula is C15H17N5O2. The maximum atomic E-state index is 12.3. The van der Waals surface area contributed by atoms with Crippen molar-refractivity contribution in [2.45, 2.75) is 13.1 Å². The molecule has 0 radical (unpaired) electrons.